The number of phenols is 1. The molecule has 429 valence electrons. The summed E-state index contributed by atoms with van der Waals surface area (Å²) in [6, 6.07) is 34.3. The van der Waals surface area contributed by atoms with E-state index < -0.39 is 34.7 Å². The third-order valence-electron chi connectivity index (χ3n) is 10.5. The van der Waals surface area contributed by atoms with Gasteiger partial charge in [0.25, 0.3) is 0 Å². The van der Waals surface area contributed by atoms with E-state index in [9.17, 15) is 29.4 Å². The van der Waals surface area contributed by atoms with Crippen molar-refractivity contribution in [1.82, 2.24) is 0 Å². The van der Waals surface area contributed by atoms with Gasteiger partial charge in [-0.2, -0.15) is 0 Å². The molecule has 2 N–H and O–H groups in total. The molecule has 0 saturated carbocycles. The van der Waals surface area contributed by atoms with Crippen LogP contribution >= 0.6 is 0 Å². The number of aromatic hydroxyl groups is 1. The van der Waals surface area contributed by atoms with Crippen LogP contribution in [0.25, 0.3) is 0 Å². The van der Waals surface area contributed by atoms with Crippen LogP contribution in [0.5, 0.6) is 34.5 Å². The quantitative estimate of drug-likeness (QED) is 0.0246. The van der Waals surface area contributed by atoms with E-state index in [1.165, 1.54) is 18.9 Å². The molecule has 77 heavy (non-hydrogen) atoms. The largest absolute Gasteiger partial charge is 1.00 e. The molecule has 1 unspecified atom stereocenters. The van der Waals surface area contributed by atoms with Gasteiger partial charge in [0.2, 0.25) is 0 Å². The van der Waals surface area contributed by atoms with Gasteiger partial charge in [-0.15, -0.1) is 0 Å². The molecule has 1 heterocycles. The van der Waals surface area contributed by atoms with Crippen molar-refractivity contribution in [3.05, 3.63) is 151 Å². The number of carbonyl (C=O) groups is 4. The van der Waals surface area contributed by atoms with Gasteiger partial charge in [0.1, 0.15) is 47.7 Å². The summed E-state index contributed by atoms with van der Waals surface area (Å²) in [6.45, 7) is 21.3. The molecule has 1 fully saturated rings. The van der Waals surface area contributed by atoms with Crippen LogP contribution in [-0.2, 0) is 73.6 Å². The minimum atomic E-state index is -1.19. The summed E-state index contributed by atoms with van der Waals surface area (Å²) in [7, 11) is 0. The Labute approximate surface area is 503 Å². The maximum Gasteiger partial charge on any atom is 1.00 e. The predicted molar refractivity (Wildman–Crippen MR) is 301 cm³/mol. The van der Waals surface area contributed by atoms with Gasteiger partial charge in [-0.1, -0.05) is 60.7 Å². The Kier molecular flexibility index (Phi) is 35.8. The molecule has 0 spiro atoms. The summed E-state index contributed by atoms with van der Waals surface area (Å²) in [5.41, 5.74) is 0.313. The van der Waals surface area contributed by atoms with Crippen LogP contribution in [0.2, 0.25) is 0 Å². The summed E-state index contributed by atoms with van der Waals surface area (Å²) in [6.07, 6.45) is 3.75. The second-order valence-electron chi connectivity index (χ2n) is 18.1. The maximum atomic E-state index is 12.0. The molecule has 5 aromatic rings. The predicted octanol–water partition coefficient (Wildman–Crippen LogP) is 9.30. The zero-order valence-corrected chi connectivity index (χ0v) is 50.6. The van der Waals surface area contributed by atoms with Crippen LogP contribution in [0, 0.1) is 14.4 Å². The first-order valence-electron chi connectivity index (χ1n) is 24.3. The van der Waals surface area contributed by atoms with Crippen LogP contribution in [0.3, 0.4) is 0 Å². The molecule has 0 amide bonds. The second kappa shape index (κ2) is 37.4. The van der Waals surface area contributed by atoms with E-state index in [1.807, 2.05) is 60.7 Å². The van der Waals surface area contributed by atoms with Crippen molar-refractivity contribution >= 4 is 32.6 Å². The number of aryl methyl sites for hydroxylation is 1. The van der Waals surface area contributed by atoms with Crippen molar-refractivity contribution in [2.75, 3.05) is 26.4 Å². The third kappa shape index (κ3) is 26.2. The van der Waals surface area contributed by atoms with Crippen molar-refractivity contribution in [2.45, 2.75) is 132 Å². The molecule has 5 aromatic carbocycles. The summed E-state index contributed by atoms with van der Waals surface area (Å²) in [5, 5.41) is 18.9. The molecular formula is C59H88BNaO15Pd-. The molecular weight excluding hydrogens is 1090 g/mol. The van der Waals surface area contributed by atoms with Crippen molar-refractivity contribution < 1.29 is 131 Å². The molecule has 1 saturated heterocycles. The van der Waals surface area contributed by atoms with E-state index in [1.54, 1.807) is 118 Å². The zero-order chi connectivity index (χ0) is 54.0. The molecule has 18 heteroatoms. The van der Waals surface area contributed by atoms with E-state index in [0.29, 0.717) is 72.1 Å². The molecule has 0 aliphatic carbocycles. The number of aliphatic hydroxyl groups is 1. The minimum absolute atomic E-state index is 0. The van der Waals surface area contributed by atoms with Gasteiger partial charge < -0.3 is 61.7 Å². The first-order valence-corrected chi connectivity index (χ1v) is 24.3. The van der Waals surface area contributed by atoms with Gasteiger partial charge in [0.05, 0.1) is 38.1 Å². The van der Waals surface area contributed by atoms with Crippen LogP contribution in [-0.4, -0.2) is 92.2 Å². The first-order chi connectivity index (χ1) is 34.7. The molecule has 1 atom stereocenters. The summed E-state index contributed by atoms with van der Waals surface area (Å²) < 4.78 is 48.6. The maximum absolute atomic E-state index is 12.0. The van der Waals surface area contributed by atoms with Crippen LogP contribution < -0.4 is 53.2 Å². The monoisotopic (exact) mass is 1180 g/mol. The number of esters is 3. The number of carbonyl (C=O) groups excluding carboxylic acids is 4. The standard InChI is InChI=1S/C20H24O5.C20H22O5.C13H18O4.C5H10O.CH3.B.Na.Pd.5H2.H/c2*1-4-23-19(22)20(2,3)25-18-11-10-17(12-16(18)13-21)24-14-15-8-6-5-7-9-15;1-5-16-12(15)13(3,4)17-11-7-6-10(14)8-9(11)2;1-5-3-2-4-6-5;;;;;;;;;;/h5-12,21H,4,13-14H2,1-3H3;5-13H,4,14H2,1-3H3;6-8,14H,5H2,1-4H3;5H,2-4H2,1H3;1H3;;;;5*1H;/q;;;;-1;;+1;;;;;;;-1. The average Bonchev–Trinajstić information content (AvgIpc) is 3.86. The smallest absolute Gasteiger partial charge is 1.00 e. The number of hydrogen-bond acceptors (Lipinski definition) is 15. The number of hydrogen-bond donors (Lipinski definition) is 2. The van der Waals surface area contributed by atoms with E-state index in [4.69, 9.17) is 42.6 Å². The fraction of sp³-hybridized carbons (Fsp3) is 0.407. The number of aliphatic hydroxyl groups excluding tert-OH is 1. The van der Waals surface area contributed by atoms with Gasteiger partial charge in [-0.3, -0.25) is 4.79 Å². The van der Waals surface area contributed by atoms with Crippen LogP contribution in [0.1, 0.15) is 123 Å². The molecule has 1 aliphatic heterocycles. The number of ether oxygens (including phenoxy) is 9. The summed E-state index contributed by atoms with van der Waals surface area (Å²) in [5.74, 6) is 1.27. The van der Waals surface area contributed by atoms with Gasteiger partial charge in [0, 0.05) is 48.1 Å². The van der Waals surface area contributed by atoms with Crippen LogP contribution in [0.15, 0.2) is 115 Å². The third-order valence-corrected chi connectivity index (χ3v) is 10.5. The average molecular weight is 1180 g/mol. The van der Waals surface area contributed by atoms with Crippen molar-refractivity contribution in [3.63, 3.8) is 0 Å². The summed E-state index contributed by atoms with van der Waals surface area (Å²) >= 11 is 0. The minimum Gasteiger partial charge on any atom is -1.00 e. The zero-order valence-electron chi connectivity index (χ0n) is 48.1. The Morgan fingerprint density at radius 2 is 1.08 bits per heavy atom. The van der Waals surface area contributed by atoms with Crippen molar-refractivity contribution in [1.29, 1.82) is 0 Å². The summed E-state index contributed by atoms with van der Waals surface area (Å²) in [4.78, 5) is 46.9. The van der Waals surface area contributed by atoms with Gasteiger partial charge in [0.15, 0.2) is 23.1 Å². The van der Waals surface area contributed by atoms with E-state index in [0.717, 1.165) is 23.3 Å². The van der Waals surface area contributed by atoms with E-state index in [-0.39, 0.29) is 99.9 Å². The van der Waals surface area contributed by atoms with Crippen molar-refractivity contribution in [2.24, 2.45) is 0 Å². The Hall–Kier alpha value is -5.37. The molecule has 6 rings (SSSR count). The van der Waals surface area contributed by atoms with Gasteiger partial charge in [-0.25, -0.2) is 14.4 Å². The first kappa shape index (κ1) is 73.7. The fourth-order valence-corrected chi connectivity index (χ4v) is 6.50. The Morgan fingerprint density at radius 3 is 1.45 bits per heavy atom. The molecule has 0 aromatic heterocycles. The fourth-order valence-electron chi connectivity index (χ4n) is 6.50. The van der Waals surface area contributed by atoms with Crippen molar-refractivity contribution in [3.8, 4) is 34.5 Å². The number of benzene rings is 5. The SMILES string of the molecule is CC1CCCO1.CCOC(=O)C(C)(C)Oc1ccc(O)cc1C.CCOC(=O)C(C)(C)Oc1ccc(OCc2ccccc2)cc1C=O.CCOC(=O)C(C)(C)Oc1ccc(OCc2ccccc2)cc1CO.[B].[CH3-].[H-].[HH].[HH].[HH].[HH].[HH].[Na+].[Pd]. The molecule has 1 aliphatic rings. The second-order valence-corrected chi connectivity index (χ2v) is 18.1. The van der Waals surface area contributed by atoms with E-state index >= 15 is 0 Å². The number of rotatable bonds is 20. The van der Waals surface area contributed by atoms with Gasteiger partial charge in [-0.05, 0) is 160 Å². The van der Waals surface area contributed by atoms with E-state index in [2.05, 4.69) is 6.92 Å². The topological polar surface area (TPSA) is 192 Å². The molecule has 3 radical (unpaired) electrons. The Balaban J connectivity index is -0.000000154. The van der Waals surface area contributed by atoms with Gasteiger partial charge >= 0.3 is 47.5 Å². The molecule has 15 nitrogen and oxygen atoms in total. The normalized spacial score (nSPS) is 12.2. The molecule has 0 bridgehead atoms. The Morgan fingerprint density at radius 1 is 0.662 bits per heavy atom. The van der Waals surface area contributed by atoms with Crippen LogP contribution in [0.4, 0.5) is 0 Å². The Bertz CT molecular complexity index is 2520. The number of aldehydes is 1. The number of phenolic OH excluding ortho intramolecular Hbond substituents is 1.